The summed E-state index contributed by atoms with van der Waals surface area (Å²) in [5.41, 5.74) is -0.131. The summed E-state index contributed by atoms with van der Waals surface area (Å²) in [5.74, 6) is -4.03. The number of aliphatic carboxylic acids is 1. The molecule has 140 valence electrons. The second-order valence-corrected chi connectivity index (χ2v) is 7.92. The van der Waals surface area contributed by atoms with E-state index in [0.717, 1.165) is 4.90 Å². The van der Waals surface area contributed by atoms with E-state index in [1.165, 1.54) is 18.7 Å². The molecule has 0 aromatic rings. The number of carboxylic acid groups (broad SMARTS) is 1. The molecule has 1 fully saturated rings. The van der Waals surface area contributed by atoms with Gasteiger partial charge in [0.2, 0.25) is 5.91 Å². The summed E-state index contributed by atoms with van der Waals surface area (Å²) in [4.78, 5) is 47.4. The van der Waals surface area contributed by atoms with E-state index in [-0.39, 0.29) is 58.9 Å². The van der Waals surface area contributed by atoms with Gasteiger partial charge in [-0.3, -0.25) is 23.5 Å². The minimum absolute atomic E-state index is 0. The third-order valence-corrected chi connectivity index (χ3v) is 5.90. The van der Waals surface area contributed by atoms with E-state index < -0.39 is 51.7 Å². The van der Waals surface area contributed by atoms with E-state index in [9.17, 15) is 28.5 Å². The molecule has 0 bridgehead atoms. The molecule has 0 aromatic heterocycles. The molecule has 3 atom stereocenters. The summed E-state index contributed by atoms with van der Waals surface area (Å²) in [5, 5.41) is 21.6. The fourth-order valence-corrected chi connectivity index (χ4v) is 4.40. The van der Waals surface area contributed by atoms with Gasteiger partial charge in [0.1, 0.15) is 29.5 Å². The van der Waals surface area contributed by atoms with Gasteiger partial charge in [0.05, 0.1) is 17.7 Å². The number of hydrogen-bond donors (Lipinski definition) is 1. The zero-order valence-electron chi connectivity index (χ0n) is 14.6. The normalized spacial score (nSPS) is 21.8. The maximum Gasteiger partial charge on any atom is 1.00 e. The Bertz CT molecular complexity index is 764. The van der Waals surface area contributed by atoms with Gasteiger partial charge < -0.3 is 20.0 Å². The zero-order valence-corrected chi connectivity index (χ0v) is 18.2. The first-order valence-corrected chi connectivity index (χ1v) is 9.82. The molecule has 27 heavy (non-hydrogen) atoms. The smallest absolute Gasteiger partial charge is 0.543 e. The summed E-state index contributed by atoms with van der Waals surface area (Å²) in [7, 11) is -1.66. The SMILES string of the molecule is CC(=O)OCC1=C(C(=O)[O-])N2C(=O)[C@@H](NC(=O)CS(=O)CC#N)[C@H]2SC1.[Na+]. The van der Waals surface area contributed by atoms with Crippen molar-refractivity contribution in [3.05, 3.63) is 11.3 Å². The second kappa shape index (κ2) is 10.2. The third kappa shape index (κ3) is 5.55. The number of esters is 1. The average Bonchev–Trinajstić information content (AvgIpc) is 2.56. The average molecular weight is 423 g/mol. The van der Waals surface area contributed by atoms with Crippen molar-refractivity contribution in [2.75, 3.05) is 23.9 Å². The van der Waals surface area contributed by atoms with Crippen LogP contribution < -0.4 is 40.0 Å². The Kier molecular flexibility index (Phi) is 8.97. The van der Waals surface area contributed by atoms with Crippen molar-refractivity contribution in [1.82, 2.24) is 10.2 Å². The van der Waals surface area contributed by atoms with Crippen molar-refractivity contribution in [2.45, 2.75) is 18.3 Å². The standard InChI is InChI=1S/C14H15N3O7S2.Na/c1-7(18)24-4-8-5-25-13-10(12(20)17(13)11(8)14(21)22)16-9(19)6-26(23)3-2-15;/h10,13H,3-6H2,1H3,(H,16,19)(H,21,22);/q;+1/p-1/t10-,13-,26?;/m1./s1. The van der Waals surface area contributed by atoms with Crippen LogP contribution in [0.3, 0.4) is 0 Å². The summed E-state index contributed by atoms with van der Waals surface area (Å²) in [6.45, 7) is 0.904. The Hall–Kier alpha value is -1.39. The number of carboxylic acids is 1. The number of hydrogen-bond acceptors (Lipinski definition) is 9. The van der Waals surface area contributed by atoms with Crippen LogP contribution in [0.1, 0.15) is 6.92 Å². The number of carbonyl (C=O) groups is 4. The predicted octanol–water partition coefficient (Wildman–Crippen LogP) is -5.77. The van der Waals surface area contributed by atoms with Gasteiger partial charge in [-0.05, 0) is 0 Å². The molecule has 0 aromatic carbocycles. The molecule has 2 amide bonds. The van der Waals surface area contributed by atoms with Crippen LogP contribution in [0, 0.1) is 11.3 Å². The molecule has 10 nitrogen and oxygen atoms in total. The van der Waals surface area contributed by atoms with Crippen molar-refractivity contribution in [3.8, 4) is 6.07 Å². The molecule has 1 saturated heterocycles. The molecule has 1 N–H and O–H groups in total. The van der Waals surface area contributed by atoms with Gasteiger partial charge in [0.25, 0.3) is 5.91 Å². The van der Waals surface area contributed by atoms with Crippen LogP contribution in [0.25, 0.3) is 0 Å². The van der Waals surface area contributed by atoms with Crippen LogP contribution in [0.5, 0.6) is 0 Å². The summed E-state index contributed by atoms with van der Waals surface area (Å²) >= 11 is 1.20. The number of amides is 2. The van der Waals surface area contributed by atoms with Crippen LogP contribution >= 0.6 is 11.8 Å². The molecule has 0 saturated carbocycles. The summed E-state index contributed by atoms with van der Waals surface area (Å²) in [6.07, 6.45) is 0. The van der Waals surface area contributed by atoms with Crippen molar-refractivity contribution >= 4 is 46.3 Å². The Balaban J connectivity index is 0.00000364. The first kappa shape index (κ1) is 23.6. The number of fused-ring (bicyclic) bond motifs is 1. The maximum atomic E-state index is 12.3. The second-order valence-electron chi connectivity index (χ2n) is 5.36. The van der Waals surface area contributed by atoms with Crippen molar-refractivity contribution < 1.29 is 62.8 Å². The zero-order chi connectivity index (χ0) is 19.4. The molecule has 2 rings (SSSR count). The molecule has 1 unspecified atom stereocenters. The number of thioether (sulfide) groups is 1. The van der Waals surface area contributed by atoms with E-state index in [2.05, 4.69) is 5.32 Å². The number of ether oxygens (including phenoxy) is 1. The number of nitriles is 1. The quantitative estimate of drug-likeness (QED) is 0.239. The molecule has 2 aliphatic rings. The van der Waals surface area contributed by atoms with E-state index in [4.69, 9.17) is 10.00 Å². The largest absolute Gasteiger partial charge is 1.00 e. The first-order chi connectivity index (χ1) is 12.3. The van der Waals surface area contributed by atoms with Crippen molar-refractivity contribution in [3.63, 3.8) is 0 Å². The fourth-order valence-electron chi connectivity index (χ4n) is 2.46. The fraction of sp³-hybridized carbons (Fsp3) is 0.500. The van der Waals surface area contributed by atoms with Crippen LogP contribution in [0.15, 0.2) is 11.3 Å². The minimum atomic E-state index is -1.66. The Morgan fingerprint density at radius 1 is 1.48 bits per heavy atom. The number of carbonyl (C=O) groups excluding carboxylic acids is 4. The summed E-state index contributed by atoms with van der Waals surface area (Å²) in [6, 6.07) is 0.716. The summed E-state index contributed by atoms with van der Waals surface area (Å²) < 4.78 is 16.2. The van der Waals surface area contributed by atoms with Crippen LogP contribution in [-0.4, -0.2) is 68.1 Å². The number of nitrogens with zero attached hydrogens (tertiary/aromatic N) is 2. The third-order valence-electron chi connectivity index (χ3n) is 3.52. The van der Waals surface area contributed by atoms with E-state index in [1.54, 1.807) is 6.07 Å². The van der Waals surface area contributed by atoms with E-state index in [1.807, 2.05) is 0 Å². The Morgan fingerprint density at radius 2 is 2.15 bits per heavy atom. The van der Waals surface area contributed by atoms with Gasteiger partial charge in [-0.15, -0.1) is 11.8 Å². The Labute approximate surface area is 183 Å². The van der Waals surface area contributed by atoms with Crippen molar-refractivity contribution in [2.24, 2.45) is 0 Å². The van der Waals surface area contributed by atoms with Gasteiger partial charge in [-0.1, -0.05) is 0 Å². The monoisotopic (exact) mass is 423 g/mol. The van der Waals surface area contributed by atoms with Crippen molar-refractivity contribution in [1.29, 1.82) is 5.26 Å². The first-order valence-electron chi connectivity index (χ1n) is 7.29. The molecular weight excluding hydrogens is 409 g/mol. The maximum absolute atomic E-state index is 12.3. The number of nitrogens with one attached hydrogen (secondary N) is 1. The predicted molar refractivity (Wildman–Crippen MR) is 87.2 cm³/mol. The van der Waals surface area contributed by atoms with Crippen LogP contribution in [0.4, 0.5) is 0 Å². The molecule has 0 aliphatic carbocycles. The molecule has 0 radical (unpaired) electrons. The van der Waals surface area contributed by atoms with Gasteiger partial charge in [-0.25, -0.2) is 0 Å². The molecular formula is C14H14N3NaO7S2. The molecule has 2 heterocycles. The van der Waals surface area contributed by atoms with Crippen LogP contribution in [-0.2, 0) is 34.7 Å². The number of rotatable bonds is 7. The van der Waals surface area contributed by atoms with Gasteiger partial charge in [0, 0.05) is 29.0 Å². The van der Waals surface area contributed by atoms with Gasteiger partial charge in [-0.2, -0.15) is 5.26 Å². The molecule has 13 heteroatoms. The van der Waals surface area contributed by atoms with E-state index >= 15 is 0 Å². The topological polar surface area (TPSA) is 157 Å². The van der Waals surface area contributed by atoms with Gasteiger partial charge in [0.15, 0.2) is 0 Å². The number of β-lactam (4-membered cyclic amide) rings is 1. The Morgan fingerprint density at radius 3 is 2.70 bits per heavy atom. The molecule has 0 spiro atoms. The molecule has 2 aliphatic heterocycles. The van der Waals surface area contributed by atoms with E-state index in [0.29, 0.717) is 0 Å². The minimum Gasteiger partial charge on any atom is -0.543 e. The van der Waals surface area contributed by atoms with Gasteiger partial charge >= 0.3 is 35.5 Å². The van der Waals surface area contributed by atoms with Crippen LogP contribution in [0.2, 0.25) is 0 Å².